The number of fused-ring (bicyclic) bond motifs is 1. The number of benzene rings is 1. The Morgan fingerprint density at radius 1 is 1.45 bits per heavy atom. The van der Waals surface area contributed by atoms with Gasteiger partial charge in [0, 0.05) is 24.6 Å². The second-order valence-corrected chi connectivity index (χ2v) is 4.29. The van der Waals surface area contributed by atoms with Crippen molar-refractivity contribution in [1.29, 1.82) is 0 Å². The van der Waals surface area contributed by atoms with Crippen molar-refractivity contribution in [2.75, 3.05) is 26.8 Å². The van der Waals surface area contributed by atoms with Gasteiger partial charge in [-0.3, -0.25) is 14.7 Å². The van der Waals surface area contributed by atoms with Gasteiger partial charge in [-0.2, -0.15) is 5.10 Å². The number of amides is 1. The number of nitrogens with one attached hydrogen (secondary N) is 1. The van der Waals surface area contributed by atoms with Crippen LogP contribution in [-0.4, -0.2) is 58.9 Å². The first-order valence-electron chi connectivity index (χ1n) is 6.05. The number of ether oxygens (including phenoxy) is 1. The fourth-order valence-corrected chi connectivity index (χ4v) is 1.88. The smallest absolute Gasteiger partial charge is 0.323 e. The van der Waals surface area contributed by atoms with E-state index in [1.54, 1.807) is 24.4 Å². The van der Waals surface area contributed by atoms with Crippen LogP contribution in [0.15, 0.2) is 24.4 Å². The van der Waals surface area contributed by atoms with E-state index >= 15 is 0 Å². The standard InChI is InChI=1S/C13H15N3O4/c1-20-5-4-16(8-12(17)18)13(19)9-2-3-11-10(6-9)7-14-15-11/h2-3,6-7H,4-5,8H2,1H3,(H,14,15)(H,17,18). The van der Waals surface area contributed by atoms with Crippen molar-refractivity contribution < 1.29 is 19.4 Å². The van der Waals surface area contributed by atoms with Gasteiger partial charge in [0.15, 0.2) is 0 Å². The number of carboxylic acid groups (broad SMARTS) is 1. The number of hydrogen-bond acceptors (Lipinski definition) is 4. The van der Waals surface area contributed by atoms with E-state index in [-0.39, 0.29) is 25.6 Å². The van der Waals surface area contributed by atoms with Crippen molar-refractivity contribution in [3.05, 3.63) is 30.0 Å². The summed E-state index contributed by atoms with van der Waals surface area (Å²) < 4.78 is 4.90. The van der Waals surface area contributed by atoms with Crippen LogP contribution >= 0.6 is 0 Å². The van der Waals surface area contributed by atoms with Gasteiger partial charge in [0.1, 0.15) is 6.54 Å². The van der Waals surface area contributed by atoms with Gasteiger partial charge >= 0.3 is 5.97 Å². The highest BCUT2D eigenvalue weighted by molar-refractivity contribution is 5.99. The first-order valence-corrected chi connectivity index (χ1v) is 6.05. The van der Waals surface area contributed by atoms with Gasteiger partial charge < -0.3 is 14.7 Å². The fourth-order valence-electron chi connectivity index (χ4n) is 1.88. The highest BCUT2D eigenvalue weighted by Crippen LogP contribution is 2.14. The Kier molecular flexibility index (Phi) is 4.31. The lowest BCUT2D eigenvalue weighted by Crippen LogP contribution is -2.38. The molecule has 0 aliphatic rings. The molecule has 1 aromatic heterocycles. The topological polar surface area (TPSA) is 95.5 Å². The van der Waals surface area contributed by atoms with Gasteiger partial charge in [-0.25, -0.2) is 0 Å². The minimum absolute atomic E-state index is 0.227. The first kappa shape index (κ1) is 14.0. The molecule has 0 atom stereocenters. The second kappa shape index (κ2) is 6.16. The molecule has 20 heavy (non-hydrogen) atoms. The molecule has 2 rings (SSSR count). The molecule has 0 aliphatic heterocycles. The molecule has 2 aromatic rings. The van der Waals surface area contributed by atoms with Crippen molar-refractivity contribution >= 4 is 22.8 Å². The molecule has 0 saturated carbocycles. The van der Waals surface area contributed by atoms with E-state index in [9.17, 15) is 9.59 Å². The lowest BCUT2D eigenvalue weighted by molar-refractivity contribution is -0.137. The third-order valence-corrected chi connectivity index (χ3v) is 2.87. The van der Waals surface area contributed by atoms with E-state index in [4.69, 9.17) is 9.84 Å². The average molecular weight is 277 g/mol. The second-order valence-electron chi connectivity index (χ2n) is 4.29. The SMILES string of the molecule is COCCN(CC(=O)O)C(=O)c1ccc2[nH]ncc2c1. The average Bonchev–Trinajstić information content (AvgIpc) is 2.89. The third-order valence-electron chi connectivity index (χ3n) is 2.87. The molecule has 0 aliphatic carbocycles. The van der Waals surface area contributed by atoms with Crippen molar-refractivity contribution in [3.8, 4) is 0 Å². The summed E-state index contributed by atoms with van der Waals surface area (Å²) in [6, 6.07) is 5.07. The molecule has 0 bridgehead atoms. The number of carbonyl (C=O) groups is 2. The van der Waals surface area contributed by atoms with Crippen molar-refractivity contribution in [1.82, 2.24) is 15.1 Å². The van der Waals surface area contributed by atoms with Crippen LogP contribution in [-0.2, 0) is 9.53 Å². The van der Waals surface area contributed by atoms with Crippen LogP contribution in [0.25, 0.3) is 10.9 Å². The Bertz CT molecular complexity index is 623. The Morgan fingerprint density at radius 3 is 2.95 bits per heavy atom. The molecule has 0 unspecified atom stereocenters. The van der Waals surface area contributed by atoms with Crippen LogP contribution in [0.5, 0.6) is 0 Å². The molecule has 106 valence electrons. The summed E-state index contributed by atoms with van der Waals surface area (Å²) >= 11 is 0. The van der Waals surface area contributed by atoms with Crippen molar-refractivity contribution in [3.63, 3.8) is 0 Å². The maximum absolute atomic E-state index is 12.3. The summed E-state index contributed by atoms with van der Waals surface area (Å²) in [6.07, 6.45) is 1.61. The number of aliphatic carboxylic acids is 1. The van der Waals surface area contributed by atoms with Crippen molar-refractivity contribution in [2.24, 2.45) is 0 Å². The molecule has 7 heteroatoms. The van der Waals surface area contributed by atoms with Crippen LogP contribution in [0.4, 0.5) is 0 Å². The van der Waals surface area contributed by atoms with Crippen LogP contribution < -0.4 is 0 Å². The highest BCUT2D eigenvalue weighted by atomic mass is 16.5. The summed E-state index contributed by atoms with van der Waals surface area (Å²) in [5.74, 6) is -1.40. The maximum Gasteiger partial charge on any atom is 0.323 e. The molecular weight excluding hydrogens is 262 g/mol. The maximum atomic E-state index is 12.3. The zero-order valence-electron chi connectivity index (χ0n) is 11.0. The number of hydrogen-bond donors (Lipinski definition) is 2. The van der Waals surface area contributed by atoms with Crippen LogP contribution in [0.1, 0.15) is 10.4 Å². The Labute approximate surface area is 115 Å². The van der Waals surface area contributed by atoms with E-state index in [0.29, 0.717) is 5.56 Å². The number of carboxylic acids is 1. The lowest BCUT2D eigenvalue weighted by Gasteiger charge is -2.20. The monoisotopic (exact) mass is 277 g/mol. The van der Waals surface area contributed by atoms with Crippen molar-refractivity contribution in [2.45, 2.75) is 0 Å². The number of rotatable bonds is 6. The van der Waals surface area contributed by atoms with Gasteiger partial charge in [-0.05, 0) is 18.2 Å². The molecule has 0 radical (unpaired) electrons. The highest BCUT2D eigenvalue weighted by Gasteiger charge is 2.18. The van der Waals surface area contributed by atoms with Crippen LogP contribution in [0.3, 0.4) is 0 Å². The first-order chi connectivity index (χ1) is 9.61. The minimum Gasteiger partial charge on any atom is -0.480 e. The predicted octanol–water partition coefficient (Wildman–Crippen LogP) is 0.736. The summed E-state index contributed by atoms with van der Waals surface area (Å²) in [5.41, 5.74) is 1.25. The number of nitrogens with zero attached hydrogens (tertiary/aromatic N) is 2. The third kappa shape index (κ3) is 3.12. The largest absolute Gasteiger partial charge is 0.480 e. The molecule has 0 fully saturated rings. The molecule has 0 spiro atoms. The summed E-state index contributed by atoms with van der Waals surface area (Å²) in [4.78, 5) is 24.4. The van der Waals surface area contributed by atoms with Gasteiger partial charge in [-0.1, -0.05) is 0 Å². The van der Waals surface area contributed by atoms with E-state index in [1.807, 2.05) is 0 Å². The van der Waals surface area contributed by atoms with Gasteiger partial charge in [0.05, 0.1) is 18.3 Å². The molecule has 0 saturated heterocycles. The van der Waals surface area contributed by atoms with Crippen LogP contribution in [0, 0.1) is 0 Å². The number of methoxy groups -OCH3 is 1. The number of H-pyrrole nitrogens is 1. The fraction of sp³-hybridized carbons (Fsp3) is 0.308. The molecule has 7 nitrogen and oxygen atoms in total. The molecule has 2 N–H and O–H groups in total. The molecule has 1 aromatic carbocycles. The van der Waals surface area contributed by atoms with Gasteiger partial charge in [0.25, 0.3) is 5.91 Å². The van der Waals surface area contributed by atoms with E-state index in [1.165, 1.54) is 12.0 Å². The van der Waals surface area contributed by atoms with Gasteiger partial charge in [-0.15, -0.1) is 0 Å². The molecule has 1 heterocycles. The number of carbonyl (C=O) groups excluding carboxylic acids is 1. The lowest BCUT2D eigenvalue weighted by atomic mass is 10.1. The Hall–Kier alpha value is -2.41. The summed E-state index contributed by atoms with van der Waals surface area (Å²) in [7, 11) is 1.50. The molecular formula is C13H15N3O4. The quantitative estimate of drug-likeness (QED) is 0.811. The molecule has 1 amide bonds. The number of aromatic nitrogens is 2. The van der Waals surface area contributed by atoms with Gasteiger partial charge in [0.2, 0.25) is 0 Å². The van der Waals surface area contributed by atoms with E-state index < -0.39 is 5.97 Å². The zero-order valence-corrected chi connectivity index (χ0v) is 11.0. The summed E-state index contributed by atoms with van der Waals surface area (Å²) in [6.45, 7) is 0.156. The van der Waals surface area contributed by atoms with E-state index in [0.717, 1.165) is 10.9 Å². The zero-order chi connectivity index (χ0) is 14.5. The summed E-state index contributed by atoms with van der Waals surface area (Å²) in [5, 5.41) is 16.3. The normalized spacial score (nSPS) is 10.7. The number of aromatic amines is 1. The minimum atomic E-state index is -1.06. The van der Waals surface area contributed by atoms with E-state index in [2.05, 4.69) is 10.2 Å². The Morgan fingerprint density at radius 2 is 2.25 bits per heavy atom. The predicted molar refractivity (Wildman–Crippen MR) is 71.5 cm³/mol. The van der Waals surface area contributed by atoms with Crippen LogP contribution in [0.2, 0.25) is 0 Å². The Balaban J connectivity index is 2.22.